The second kappa shape index (κ2) is 3.89. The minimum Gasteiger partial charge on any atom is -0.349 e. The van der Waals surface area contributed by atoms with Crippen LogP contribution >= 0.6 is 0 Å². The van der Waals surface area contributed by atoms with E-state index < -0.39 is 0 Å². The summed E-state index contributed by atoms with van der Waals surface area (Å²) in [6.45, 7) is -0.260. The highest BCUT2D eigenvalue weighted by Gasteiger charge is 1.70. The molecule has 0 aromatic carbocycles. The average molecular weight is 86.0 g/mol. The Bertz CT molecular complexity index is 74.1. The lowest BCUT2D eigenvalue weighted by Gasteiger charge is -1.73. The topological polar surface area (TPSA) is 62.4 Å². The lowest BCUT2D eigenvalue weighted by atomic mass is 10.9. The molecule has 6 heavy (non-hydrogen) atoms. The fourth-order valence-corrected chi connectivity index (χ4v) is 0.0552. The third-order valence-corrected chi connectivity index (χ3v) is 0.182. The van der Waals surface area contributed by atoms with Gasteiger partial charge in [0.15, 0.2) is 5.34 Å². The van der Waals surface area contributed by atoms with Crippen molar-refractivity contribution in [2.75, 3.05) is 6.61 Å². The molecule has 0 aromatic heterocycles. The van der Waals surface area contributed by atoms with Crippen molar-refractivity contribution in [1.29, 1.82) is 5.26 Å². The highest BCUT2D eigenvalue weighted by Crippen LogP contribution is 1.65. The minimum absolute atomic E-state index is 0.260. The summed E-state index contributed by atoms with van der Waals surface area (Å²) >= 11 is 0. The van der Waals surface area contributed by atoms with E-state index in [0.29, 0.717) is 0 Å². The fraction of sp³-hybridized carbons (Fsp3) is 0.500. The molecular formula is C2H2N2O2. The molecule has 0 heterocycles. The van der Waals surface area contributed by atoms with Crippen LogP contribution in [0.15, 0.2) is 5.34 Å². The third kappa shape index (κ3) is 2.89. The van der Waals surface area contributed by atoms with Gasteiger partial charge in [-0.1, -0.05) is 0 Å². The van der Waals surface area contributed by atoms with Gasteiger partial charge >= 0.3 is 0 Å². The molecule has 0 unspecified atom stereocenters. The van der Waals surface area contributed by atoms with Crippen molar-refractivity contribution in [1.82, 2.24) is 0 Å². The smallest absolute Gasteiger partial charge is 0.206 e. The summed E-state index contributed by atoms with van der Waals surface area (Å²) in [7, 11) is 0. The maximum absolute atomic E-state index is 8.94. The summed E-state index contributed by atoms with van der Waals surface area (Å²) in [6.07, 6.45) is 0. The van der Waals surface area contributed by atoms with Crippen molar-refractivity contribution in [3.05, 3.63) is 4.91 Å². The van der Waals surface area contributed by atoms with Crippen LogP contribution in [0.25, 0.3) is 0 Å². The zero-order chi connectivity index (χ0) is 4.83. The first-order valence-electron chi connectivity index (χ1n) is 1.23. The van der Waals surface area contributed by atoms with Gasteiger partial charge in [0, 0.05) is 0 Å². The normalized spacial score (nSPS) is 5.83. The highest BCUT2D eigenvalue weighted by molar-refractivity contribution is 4.64. The maximum atomic E-state index is 8.94. The van der Waals surface area contributed by atoms with Gasteiger partial charge in [-0.2, -0.15) is 5.26 Å². The molecule has 0 aliphatic heterocycles. The predicted octanol–water partition coefficient (Wildman–Crippen LogP) is 0.208. The Balaban J connectivity index is 2.72. The molecule has 0 aliphatic rings. The van der Waals surface area contributed by atoms with Crippen LogP contribution in [0.3, 0.4) is 0 Å². The van der Waals surface area contributed by atoms with Crippen molar-refractivity contribution in [2.45, 2.75) is 0 Å². The summed E-state index contributed by atoms with van der Waals surface area (Å²) in [5.41, 5.74) is 0. The highest BCUT2D eigenvalue weighted by atomic mass is 16.7. The van der Waals surface area contributed by atoms with Gasteiger partial charge in [0.05, 0.1) is 0 Å². The van der Waals surface area contributed by atoms with Crippen molar-refractivity contribution >= 4 is 0 Å². The second-order valence-electron chi connectivity index (χ2n) is 0.506. The van der Waals surface area contributed by atoms with E-state index in [0.717, 1.165) is 0 Å². The van der Waals surface area contributed by atoms with E-state index in [1.807, 2.05) is 5.34 Å². The first-order valence-corrected chi connectivity index (χ1v) is 1.23. The van der Waals surface area contributed by atoms with Crippen LogP contribution in [0.4, 0.5) is 0 Å². The SMILES string of the molecule is N#CCON=O. The van der Waals surface area contributed by atoms with Crippen LogP contribution in [0.2, 0.25) is 0 Å². The number of nitrogens with zero attached hydrogens (tertiary/aromatic N) is 2. The molecule has 0 radical (unpaired) electrons. The molecular weight excluding hydrogens is 84.0 g/mol. The van der Waals surface area contributed by atoms with E-state index in [-0.39, 0.29) is 6.61 Å². The fourth-order valence-electron chi connectivity index (χ4n) is 0.0552. The van der Waals surface area contributed by atoms with Gasteiger partial charge in [-0.3, -0.25) is 0 Å². The van der Waals surface area contributed by atoms with E-state index in [1.54, 1.807) is 6.07 Å². The number of rotatable bonds is 2. The molecule has 0 N–H and O–H groups in total. The first-order chi connectivity index (χ1) is 2.91. The largest absolute Gasteiger partial charge is 0.349 e. The van der Waals surface area contributed by atoms with Gasteiger partial charge in [0.1, 0.15) is 6.07 Å². The molecule has 0 saturated carbocycles. The Morgan fingerprint density at radius 2 is 2.67 bits per heavy atom. The van der Waals surface area contributed by atoms with Crippen molar-refractivity contribution in [3.8, 4) is 6.07 Å². The van der Waals surface area contributed by atoms with Crippen LogP contribution in [0.5, 0.6) is 0 Å². The Morgan fingerprint density at radius 3 is 2.83 bits per heavy atom. The standard InChI is InChI=1S/C2H2N2O2/c3-1-2-6-4-5/h2H2. The Morgan fingerprint density at radius 1 is 2.00 bits per heavy atom. The van der Waals surface area contributed by atoms with E-state index in [9.17, 15) is 0 Å². The molecule has 32 valence electrons. The summed E-state index contributed by atoms with van der Waals surface area (Å²) in [5.74, 6) is 0. The quantitative estimate of drug-likeness (QED) is 0.274. The number of hydrogen-bond acceptors (Lipinski definition) is 4. The zero-order valence-electron chi connectivity index (χ0n) is 2.92. The van der Waals surface area contributed by atoms with Gasteiger partial charge in [0.25, 0.3) is 0 Å². The molecule has 0 spiro atoms. The van der Waals surface area contributed by atoms with Gasteiger partial charge in [-0.25, -0.2) is 0 Å². The summed E-state index contributed by atoms with van der Waals surface area (Å²) in [4.78, 5) is 12.6. The molecule has 0 amide bonds. The van der Waals surface area contributed by atoms with Crippen LogP contribution in [-0.2, 0) is 4.84 Å². The molecule has 0 rings (SSSR count). The zero-order valence-corrected chi connectivity index (χ0v) is 2.92. The summed E-state index contributed by atoms with van der Waals surface area (Å²) in [5, 5.41) is 9.58. The predicted molar refractivity (Wildman–Crippen MR) is 17.4 cm³/mol. The van der Waals surface area contributed by atoms with Crippen molar-refractivity contribution in [3.63, 3.8) is 0 Å². The van der Waals surface area contributed by atoms with Crippen molar-refractivity contribution < 1.29 is 4.84 Å². The first kappa shape index (κ1) is 4.89. The van der Waals surface area contributed by atoms with Crippen LogP contribution in [0.1, 0.15) is 0 Å². The maximum Gasteiger partial charge on any atom is 0.206 e. The van der Waals surface area contributed by atoms with E-state index in [2.05, 4.69) is 4.84 Å². The number of nitriles is 1. The average Bonchev–Trinajstić information content (AvgIpc) is 1.61. The van der Waals surface area contributed by atoms with Crippen molar-refractivity contribution in [2.24, 2.45) is 5.34 Å². The van der Waals surface area contributed by atoms with Crippen LogP contribution < -0.4 is 0 Å². The van der Waals surface area contributed by atoms with Gasteiger partial charge in [-0.05, 0) is 0 Å². The summed E-state index contributed by atoms with van der Waals surface area (Å²) < 4.78 is 0. The third-order valence-electron chi connectivity index (χ3n) is 0.182. The second-order valence-corrected chi connectivity index (χ2v) is 0.506. The lowest BCUT2D eigenvalue weighted by Crippen LogP contribution is -1.76. The van der Waals surface area contributed by atoms with Gasteiger partial charge in [0.2, 0.25) is 6.61 Å². The lowest BCUT2D eigenvalue weighted by molar-refractivity contribution is 0.173. The van der Waals surface area contributed by atoms with Crippen LogP contribution in [0, 0.1) is 16.2 Å². The Kier molecular flexibility index (Phi) is 3.17. The molecule has 0 saturated heterocycles. The Hall–Kier alpha value is -1.11. The molecule has 0 atom stereocenters. The van der Waals surface area contributed by atoms with E-state index in [1.165, 1.54) is 0 Å². The Labute approximate surface area is 34.3 Å². The molecule has 0 aromatic rings. The van der Waals surface area contributed by atoms with E-state index >= 15 is 0 Å². The van der Waals surface area contributed by atoms with E-state index in [4.69, 9.17) is 10.2 Å². The molecule has 0 aliphatic carbocycles. The molecule has 0 bridgehead atoms. The number of hydrogen-bond donors (Lipinski definition) is 0. The van der Waals surface area contributed by atoms with Gasteiger partial charge < -0.3 is 4.84 Å². The minimum atomic E-state index is -0.260. The molecule has 4 nitrogen and oxygen atoms in total. The molecule has 0 fully saturated rings. The van der Waals surface area contributed by atoms with Crippen LogP contribution in [-0.4, -0.2) is 6.61 Å². The van der Waals surface area contributed by atoms with Gasteiger partial charge in [-0.15, -0.1) is 4.91 Å². The monoisotopic (exact) mass is 86.0 g/mol. The summed E-state index contributed by atoms with van der Waals surface area (Å²) in [6, 6.07) is 1.55. The molecule has 4 heteroatoms.